The van der Waals surface area contributed by atoms with E-state index in [-0.39, 0.29) is 17.4 Å². The molecule has 19 heavy (non-hydrogen) atoms. The fourth-order valence-corrected chi connectivity index (χ4v) is 1.93. The molecule has 1 aromatic rings. The summed E-state index contributed by atoms with van der Waals surface area (Å²) >= 11 is 0. The van der Waals surface area contributed by atoms with E-state index in [4.69, 9.17) is 6.42 Å². The first-order valence-electron chi connectivity index (χ1n) is 6.43. The van der Waals surface area contributed by atoms with Gasteiger partial charge in [0.15, 0.2) is 5.82 Å². The second-order valence-corrected chi connectivity index (χ2v) is 4.13. The molecule has 1 unspecified atom stereocenters. The molecule has 0 radical (unpaired) electrons. The molecule has 0 saturated heterocycles. The molecule has 0 amide bonds. The summed E-state index contributed by atoms with van der Waals surface area (Å²) < 4.78 is 0. The van der Waals surface area contributed by atoms with Gasteiger partial charge in [0.25, 0.3) is 0 Å². The fraction of sp³-hybridized carbons (Fsp3) is 0.500. The average Bonchev–Trinajstić information content (AvgIpc) is 2.43. The first kappa shape index (κ1) is 15.0. The normalized spacial score (nSPS) is 11.7. The van der Waals surface area contributed by atoms with Crippen molar-refractivity contribution in [3.63, 3.8) is 0 Å². The second-order valence-electron chi connectivity index (χ2n) is 4.13. The Bertz CT molecular complexity index is 506. The van der Waals surface area contributed by atoms with Gasteiger partial charge >= 0.3 is 5.97 Å². The molecule has 1 atom stereocenters. The Balaban J connectivity index is 3.33. The highest BCUT2D eigenvalue weighted by Crippen LogP contribution is 2.21. The minimum atomic E-state index is -1.00. The maximum Gasteiger partial charge on any atom is 0.339 e. The van der Waals surface area contributed by atoms with Gasteiger partial charge in [-0.3, -0.25) is 0 Å². The van der Waals surface area contributed by atoms with E-state index >= 15 is 0 Å². The number of carboxylic acid groups (broad SMARTS) is 1. The lowest BCUT2D eigenvalue weighted by Crippen LogP contribution is -2.21. The van der Waals surface area contributed by atoms with E-state index < -0.39 is 5.97 Å². The van der Waals surface area contributed by atoms with Crippen molar-refractivity contribution in [1.29, 1.82) is 0 Å². The summed E-state index contributed by atoms with van der Waals surface area (Å²) in [7, 11) is 0. The first-order chi connectivity index (χ1) is 9.08. The number of anilines is 1. The minimum Gasteiger partial charge on any atom is -0.478 e. The van der Waals surface area contributed by atoms with Crippen molar-refractivity contribution in [1.82, 2.24) is 10.2 Å². The van der Waals surface area contributed by atoms with Crippen molar-refractivity contribution in [2.45, 2.75) is 46.1 Å². The van der Waals surface area contributed by atoms with Crippen LogP contribution >= 0.6 is 0 Å². The number of terminal acetylenes is 1. The van der Waals surface area contributed by atoms with Crippen molar-refractivity contribution in [2.75, 3.05) is 5.32 Å². The van der Waals surface area contributed by atoms with Crippen LogP contribution in [-0.4, -0.2) is 27.3 Å². The van der Waals surface area contributed by atoms with Gasteiger partial charge < -0.3 is 10.4 Å². The van der Waals surface area contributed by atoms with E-state index in [1.807, 2.05) is 20.8 Å². The van der Waals surface area contributed by atoms with Crippen molar-refractivity contribution >= 4 is 11.8 Å². The molecular weight excluding hydrogens is 242 g/mol. The van der Waals surface area contributed by atoms with Crippen LogP contribution in [-0.2, 0) is 12.8 Å². The Labute approximate surface area is 113 Å². The summed E-state index contributed by atoms with van der Waals surface area (Å²) in [6.45, 7) is 5.76. The summed E-state index contributed by atoms with van der Waals surface area (Å²) in [6, 6.07) is -0.246. The van der Waals surface area contributed by atoms with Crippen LogP contribution in [0.25, 0.3) is 0 Å². The van der Waals surface area contributed by atoms with E-state index in [1.54, 1.807) is 0 Å². The number of carbonyl (C=O) groups is 1. The number of carboxylic acids is 1. The molecule has 0 fully saturated rings. The number of nitrogens with zero attached hydrogens (tertiary/aromatic N) is 2. The number of aromatic carboxylic acids is 1. The molecular formula is C14H19N3O2. The molecule has 5 nitrogen and oxygen atoms in total. The Morgan fingerprint density at radius 1 is 1.37 bits per heavy atom. The smallest absolute Gasteiger partial charge is 0.339 e. The Kier molecular flexibility index (Phi) is 5.31. The number of hydrogen-bond acceptors (Lipinski definition) is 4. The van der Waals surface area contributed by atoms with Gasteiger partial charge in [0, 0.05) is 0 Å². The Hall–Kier alpha value is -2.09. The van der Waals surface area contributed by atoms with Crippen molar-refractivity contribution in [2.24, 2.45) is 0 Å². The van der Waals surface area contributed by atoms with Gasteiger partial charge in [-0.2, -0.15) is 5.10 Å². The molecule has 5 heteroatoms. The molecule has 0 aliphatic rings. The molecule has 1 aromatic heterocycles. The molecule has 102 valence electrons. The van der Waals surface area contributed by atoms with Crippen LogP contribution in [0.4, 0.5) is 5.82 Å². The quantitative estimate of drug-likeness (QED) is 0.767. The Morgan fingerprint density at radius 2 is 2.05 bits per heavy atom. The van der Waals surface area contributed by atoms with Crippen LogP contribution < -0.4 is 5.32 Å². The molecule has 1 rings (SSSR count). The summed E-state index contributed by atoms with van der Waals surface area (Å²) in [5.74, 6) is 1.81. The summed E-state index contributed by atoms with van der Waals surface area (Å²) in [5.41, 5.74) is 1.63. The predicted molar refractivity (Wildman–Crippen MR) is 74.3 cm³/mol. The van der Waals surface area contributed by atoms with Gasteiger partial charge in [-0.25, -0.2) is 4.79 Å². The average molecular weight is 261 g/mol. The summed E-state index contributed by atoms with van der Waals surface area (Å²) in [5, 5.41) is 20.4. The standard InChI is InChI=1S/C14H19N3O2/c1-5-9(6-2)15-13-12(14(18)19)10(7-3)11(8-4)16-17-13/h1,9H,6-8H2,2-4H3,(H,15,17)(H,18,19). The minimum absolute atomic E-state index is 0.183. The maximum absolute atomic E-state index is 11.5. The lowest BCUT2D eigenvalue weighted by Gasteiger charge is -2.16. The number of aryl methyl sites for hydroxylation is 1. The van der Waals surface area contributed by atoms with E-state index in [2.05, 4.69) is 21.4 Å². The molecule has 0 spiro atoms. The molecule has 0 saturated carbocycles. The van der Waals surface area contributed by atoms with Crippen LogP contribution in [0.5, 0.6) is 0 Å². The molecule has 1 heterocycles. The van der Waals surface area contributed by atoms with Gasteiger partial charge in [-0.15, -0.1) is 11.5 Å². The summed E-state index contributed by atoms with van der Waals surface area (Å²) in [6.07, 6.45) is 7.32. The lowest BCUT2D eigenvalue weighted by atomic mass is 10.0. The fourth-order valence-electron chi connectivity index (χ4n) is 1.93. The van der Waals surface area contributed by atoms with Crippen LogP contribution in [0.1, 0.15) is 48.8 Å². The van der Waals surface area contributed by atoms with Gasteiger partial charge in [0.2, 0.25) is 0 Å². The number of aromatic nitrogens is 2. The number of nitrogens with one attached hydrogen (secondary N) is 1. The van der Waals surface area contributed by atoms with Gasteiger partial charge in [-0.1, -0.05) is 26.7 Å². The second kappa shape index (κ2) is 6.74. The molecule has 0 aliphatic carbocycles. The highest BCUT2D eigenvalue weighted by atomic mass is 16.4. The van der Waals surface area contributed by atoms with E-state index in [0.717, 1.165) is 11.3 Å². The van der Waals surface area contributed by atoms with Crippen molar-refractivity contribution in [3.05, 3.63) is 16.8 Å². The third kappa shape index (κ3) is 3.22. The third-order valence-electron chi connectivity index (χ3n) is 2.98. The number of hydrogen-bond donors (Lipinski definition) is 2. The Morgan fingerprint density at radius 3 is 2.47 bits per heavy atom. The predicted octanol–water partition coefficient (Wildman–Crippen LogP) is 2.12. The van der Waals surface area contributed by atoms with Crippen LogP contribution in [0.3, 0.4) is 0 Å². The largest absolute Gasteiger partial charge is 0.478 e. The van der Waals surface area contributed by atoms with Crippen LogP contribution in [0.2, 0.25) is 0 Å². The van der Waals surface area contributed by atoms with E-state index in [9.17, 15) is 9.90 Å². The zero-order valence-corrected chi connectivity index (χ0v) is 11.5. The maximum atomic E-state index is 11.5. The molecule has 0 aliphatic heterocycles. The highest BCUT2D eigenvalue weighted by molar-refractivity contribution is 5.95. The zero-order chi connectivity index (χ0) is 14.4. The van der Waals surface area contributed by atoms with Crippen molar-refractivity contribution < 1.29 is 9.90 Å². The third-order valence-corrected chi connectivity index (χ3v) is 2.98. The van der Waals surface area contributed by atoms with E-state index in [0.29, 0.717) is 19.3 Å². The highest BCUT2D eigenvalue weighted by Gasteiger charge is 2.21. The molecule has 0 bridgehead atoms. The van der Waals surface area contributed by atoms with E-state index in [1.165, 1.54) is 0 Å². The number of rotatable bonds is 6. The molecule has 2 N–H and O–H groups in total. The van der Waals surface area contributed by atoms with Crippen LogP contribution in [0, 0.1) is 12.3 Å². The summed E-state index contributed by atoms with van der Waals surface area (Å²) in [4.78, 5) is 11.5. The SMILES string of the molecule is C#CC(CC)Nc1nnc(CC)c(CC)c1C(=O)O. The van der Waals surface area contributed by atoms with Gasteiger partial charge in [0.05, 0.1) is 11.7 Å². The van der Waals surface area contributed by atoms with Gasteiger partial charge in [0.1, 0.15) is 5.56 Å². The zero-order valence-electron chi connectivity index (χ0n) is 11.5. The van der Waals surface area contributed by atoms with Crippen molar-refractivity contribution in [3.8, 4) is 12.3 Å². The molecule has 0 aromatic carbocycles. The van der Waals surface area contributed by atoms with Crippen LogP contribution in [0.15, 0.2) is 0 Å². The first-order valence-corrected chi connectivity index (χ1v) is 6.43. The van der Waals surface area contributed by atoms with Gasteiger partial charge in [-0.05, 0) is 24.8 Å². The topological polar surface area (TPSA) is 75.1 Å². The lowest BCUT2D eigenvalue weighted by molar-refractivity contribution is 0.0696. The monoisotopic (exact) mass is 261 g/mol.